The molecule has 1 unspecified atom stereocenters. The van der Waals surface area contributed by atoms with Crippen molar-refractivity contribution in [3.8, 4) is 5.75 Å². The van der Waals surface area contributed by atoms with Crippen LogP contribution >= 0.6 is 0 Å². The van der Waals surface area contributed by atoms with Crippen LogP contribution < -0.4 is 10.1 Å². The van der Waals surface area contributed by atoms with Gasteiger partial charge in [-0.25, -0.2) is 4.39 Å². The number of hydrogen-bond donors (Lipinski definition) is 1. The van der Waals surface area contributed by atoms with Gasteiger partial charge in [-0.05, 0) is 51.1 Å². The molecule has 1 aliphatic carbocycles. The van der Waals surface area contributed by atoms with Crippen LogP contribution in [0.5, 0.6) is 5.75 Å². The molecule has 27 heavy (non-hydrogen) atoms. The number of carbonyl (C=O) groups excluding carboxylic acids is 1. The Morgan fingerprint density at radius 3 is 2.41 bits per heavy atom. The molecule has 2 fully saturated rings. The predicted molar refractivity (Wildman–Crippen MR) is 104 cm³/mol. The smallest absolute Gasteiger partial charge is 0.260 e. The van der Waals surface area contributed by atoms with Crippen molar-refractivity contribution in [1.29, 1.82) is 0 Å². The van der Waals surface area contributed by atoms with Gasteiger partial charge < -0.3 is 15.0 Å². The van der Waals surface area contributed by atoms with Crippen LogP contribution in [0, 0.1) is 5.82 Å². The van der Waals surface area contributed by atoms with Crippen molar-refractivity contribution in [2.45, 2.75) is 50.7 Å². The van der Waals surface area contributed by atoms with E-state index in [1.165, 1.54) is 31.4 Å². The minimum atomic E-state index is -0.608. The summed E-state index contributed by atoms with van der Waals surface area (Å²) in [6.07, 6.45) is 5.42. The van der Waals surface area contributed by atoms with Crippen LogP contribution in [0.1, 0.15) is 39.0 Å². The maximum Gasteiger partial charge on any atom is 0.260 e. The van der Waals surface area contributed by atoms with E-state index in [1.54, 1.807) is 19.1 Å². The second-order valence-electron chi connectivity index (χ2n) is 8.01. The molecular formula is C21H32FN3O2. The fraction of sp³-hybridized carbons (Fsp3) is 0.667. The van der Waals surface area contributed by atoms with Gasteiger partial charge in [0.25, 0.3) is 5.91 Å². The number of carbonyl (C=O) groups is 1. The van der Waals surface area contributed by atoms with Gasteiger partial charge in [0.15, 0.2) is 6.10 Å². The highest BCUT2D eigenvalue weighted by atomic mass is 19.1. The van der Waals surface area contributed by atoms with Crippen molar-refractivity contribution < 1.29 is 13.9 Å². The quantitative estimate of drug-likeness (QED) is 0.828. The fourth-order valence-corrected chi connectivity index (χ4v) is 4.26. The Bertz CT molecular complexity index is 608. The van der Waals surface area contributed by atoms with E-state index < -0.39 is 6.10 Å². The van der Waals surface area contributed by atoms with E-state index in [9.17, 15) is 9.18 Å². The van der Waals surface area contributed by atoms with Crippen molar-refractivity contribution in [3.63, 3.8) is 0 Å². The molecule has 1 amide bonds. The van der Waals surface area contributed by atoms with Gasteiger partial charge in [-0.15, -0.1) is 0 Å². The molecule has 150 valence electrons. The van der Waals surface area contributed by atoms with Crippen LogP contribution in [-0.2, 0) is 4.79 Å². The van der Waals surface area contributed by atoms with Crippen LogP contribution in [0.15, 0.2) is 24.3 Å². The van der Waals surface area contributed by atoms with E-state index in [-0.39, 0.29) is 17.3 Å². The Hall–Kier alpha value is -1.66. The molecule has 1 aromatic carbocycles. The summed E-state index contributed by atoms with van der Waals surface area (Å²) in [6.45, 7) is 6.70. The Morgan fingerprint density at radius 1 is 1.15 bits per heavy atom. The molecule has 1 saturated carbocycles. The zero-order valence-corrected chi connectivity index (χ0v) is 16.5. The molecule has 0 bridgehead atoms. The fourth-order valence-electron chi connectivity index (χ4n) is 4.26. The minimum absolute atomic E-state index is 0.0742. The lowest BCUT2D eigenvalue weighted by Crippen LogP contribution is -2.62. The van der Waals surface area contributed by atoms with Crippen LogP contribution in [0.2, 0.25) is 0 Å². The lowest BCUT2D eigenvalue weighted by atomic mass is 9.79. The second-order valence-corrected chi connectivity index (χ2v) is 8.01. The van der Waals surface area contributed by atoms with Crippen molar-refractivity contribution in [2.75, 3.05) is 39.8 Å². The number of likely N-dealkylation sites (N-methyl/N-ethyl adjacent to an activating group) is 1. The van der Waals surface area contributed by atoms with Gasteiger partial charge in [0, 0.05) is 38.3 Å². The number of halogens is 1. The molecule has 0 aromatic heterocycles. The predicted octanol–water partition coefficient (Wildman–Crippen LogP) is 2.66. The summed E-state index contributed by atoms with van der Waals surface area (Å²) in [5, 5.41) is 3.14. The highest BCUT2D eigenvalue weighted by Crippen LogP contribution is 2.34. The molecule has 1 aromatic rings. The van der Waals surface area contributed by atoms with Gasteiger partial charge in [-0.2, -0.15) is 0 Å². The maximum atomic E-state index is 13.0. The molecule has 1 atom stereocenters. The third kappa shape index (κ3) is 5.20. The summed E-state index contributed by atoms with van der Waals surface area (Å²) in [4.78, 5) is 17.6. The van der Waals surface area contributed by atoms with Gasteiger partial charge in [-0.3, -0.25) is 9.69 Å². The van der Waals surface area contributed by atoms with Crippen LogP contribution in [-0.4, -0.2) is 67.1 Å². The zero-order valence-electron chi connectivity index (χ0n) is 16.5. The number of hydrogen-bond acceptors (Lipinski definition) is 4. The SMILES string of the molecule is CC(Oc1ccc(F)cc1)C(=O)NCC1(N2CCN(C)CC2)CCCCC1. The van der Waals surface area contributed by atoms with Crippen molar-refractivity contribution in [3.05, 3.63) is 30.1 Å². The molecule has 6 heteroatoms. The average Bonchev–Trinajstić information content (AvgIpc) is 2.69. The Kier molecular flexibility index (Phi) is 6.71. The Morgan fingerprint density at radius 2 is 1.78 bits per heavy atom. The molecule has 3 rings (SSSR count). The zero-order chi connectivity index (χ0) is 19.3. The van der Waals surface area contributed by atoms with Crippen molar-refractivity contribution in [2.24, 2.45) is 0 Å². The maximum absolute atomic E-state index is 13.0. The third-order valence-corrected chi connectivity index (χ3v) is 6.05. The van der Waals surface area contributed by atoms with E-state index in [1.807, 2.05) is 0 Å². The Balaban J connectivity index is 1.57. The molecule has 0 spiro atoms. The standard InChI is InChI=1S/C21H32FN3O2/c1-17(27-19-8-6-18(22)7-9-19)20(26)23-16-21(10-4-3-5-11-21)25-14-12-24(2)13-15-25/h6-9,17H,3-5,10-16H2,1-2H3,(H,23,26). The number of rotatable bonds is 6. The molecule has 1 aliphatic heterocycles. The van der Waals surface area contributed by atoms with Gasteiger partial charge in [0.1, 0.15) is 11.6 Å². The summed E-state index contributed by atoms with van der Waals surface area (Å²) >= 11 is 0. The minimum Gasteiger partial charge on any atom is -0.481 e. The first-order valence-electron chi connectivity index (χ1n) is 10.1. The van der Waals surface area contributed by atoms with Crippen molar-refractivity contribution >= 4 is 5.91 Å². The summed E-state index contributed by atoms with van der Waals surface area (Å²) in [5.41, 5.74) is 0.0742. The first-order chi connectivity index (χ1) is 13.0. The van der Waals surface area contributed by atoms with Crippen molar-refractivity contribution in [1.82, 2.24) is 15.1 Å². The highest BCUT2D eigenvalue weighted by molar-refractivity contribution is 5.80. The molecule has 1 N–H and O–H groups in total. The van der Waals surface area contributed by atoms with E-state index in [0.29, 0.717) is 12.3 Å². The van der Waals surface area contributed by atoms with Crippen LogP contribution in [0.4, 0.5) is 4.39 Å². The summed E-state index contributed by atoms with van der Waals surface area (Å²) in [5.74, 6) is 0.0785. The van der Waals surface area contributed by atoms with E-state index in [4.69, 9.17) is 4.74 Å². The lowest BCUT2D eigenvalue weighted by molar-refractivity contribution is -0.128. The second kappa shape index (κ2) is 9.02. The number of ether oxygens (including phenoxy) is 1. The highest BCUT2D eigenvalue weighted by Gasteiger charge is 2.39. The summed E-state index contributed by atoms with van der Waals surface area (Å²) < 4.78 is 18.7. The molecule has 1 heterocycles. The van der Waals surface area contributed by atoms with E-state index in [2.05, 4.69) is 22.2 Å². The topological polar surface area (TPSA) is 44.8 Å². The molecular weight excluding hydrogens is 345 g/mol. The van der Waals surface area contributed by atoms with Crippen LogP contribution in [0.25, 0.3) is 0 Å². The van der Waals surface area contributed by atoms with E-state index >= 15 is 0 Å². The summed E-state index contributed by atoms with van der Waals surface area (Å²) in [6, 6.07) is 5.77. The number of benzene rings is 1. The Labute approximate surface area is 161 Å². The molecule has 2 aliphatic rings. The first kappa shape index (κ1) is 20.1. The van der Waals surface area contributed by atoms with E-state index in [0.717, 1.165) is 39.0 Å². The first-order valence-corrected chi connectivity index (χ1v) is 10.1. The van der Waals surface area contributed by atoms with Gasteiger partial charge in [-0.1, -0.05) is 19.3 Å². The van der Waals surface area contributed by atoms with Gasteiger partial charge >= 0.3 is 0 Å². The monoisotopic (exact) mass is 377 g/mol. The number of piperazine rings is 1. The third-order valence-electron chi connectivity index (χ3n) is 6.05. The average molecular weight is 378 g/mol. The molecule has 0 radical (unpaired) electrons. The van der Waals surface area contributed by atoms with Gasteiger partial charge in [0.2, 0.25) is 0 Å². The largest absolute Gasteiger partial charge is 0.481 e. The summed E-state index contributed by atoms with van der Waals surface area (Å²) in [7, 11) is 2.17. The lowest BCUT2D eigenvalue weighted by Gasteiger charge is -2.49. The normalized spacial score (nSPS) is 22.2. The molecule has 5 nitrogen and oxygen atoms in total. The molecule has 1 saturated heterocycles. The number of amides is 1. The van der Waals surface area contributed by atoms with Crippen LogP contribution in [0.3, 0.4) is 0 Å². The number of nitrogens with zero attached hydrogens (tertiary/aromatic N) is 2. The van der Waals surface area contributed by atoms with Gasteiger partial charge in [0.05, 0.1) is 0 Å². The number of nitrogens with one attached hydrogen (secondary N) is 1.